The minimum absolute atomic E-state index is 0.659. The van der Waals surface area contributed by atoms with Gasteiger partial charge in [-0.3, -0.25) is 0 Å². The number of thioether (sulfide) groups is 1. The van der Waals surface area contributed by atoms with E-state index in [-0.39, 0.29) is 0 Å². The summed E-state index contributed by atoms with van der Waals surface area (Å²) in [7, 11) is 0. The molecule has 2 heterocycles. The summed E-state index contributed by atoms with van der Waals surface area (Å²) in [5.74, 6) is 2.08. The molecule has 0 aliphatic carbocycles. The average molecular weight is 219 g/mol. The fraction of sp³-hybridized carbons (Fsp3) is 0.455. The molecular formula is C11H13N3S. The van der Waals surface area contributed by atoms with Crippen LogP contribution in [0.2, 0.25) is 0 Å². The van der Waals surface area contributed by atoms with Gasteiger partial charge >= 0.3 is 0 Å². The Bertz CT molecular complexity index is 366. The summed E-state index contributed by atoms with van der Waals surface area (Å²) in [5.41, 5.74) is 0.659. The number of pyridine rings is 1. The molecule has 1 N–H and O–H groups in total. The van der Waals surface area contributed by atoms with Gasteiger partial charge in [-0.1, -0.05) is 0 Å². The molecule has 4 heteroatoms. The van der Waals surface area contributed by atoms with Crippen LogP contribution in [0.15, 0.2) is 18.3 Å². The van der Waals surface area contributed by atoms with E-state index in [9.17, 15) is 0 Å². The van der Waals surface area contributed by atoms with Gasteiger partial charge in [-0.05, 0) is 30.7 Å². The van der Waals surface area contributed by atoms with Crippen LogP contribution in [0.3, 0.4) is 0 Å². The quantitative estimate of drug-likeness (QED) is 0.847. The molecule has 1 aromatic rings. The van der Waals surface area contributed by atoms with Crippen LogP contribution in [0, 0.1) is 11.3 Å². The standard InChI is InChI=1S/C11H13N3S/c12-7-9-3-4-13-11(6-9)14-8-10-2-1-5-15-10/h3-4,6,10H,1-2,5,8H2,(H,13,14). The number of hydrogen-bond acceptors (Lipinski definition) is 4. The van der Waals surface area contributed by atoms with E-state index in [1.54, 1.807) is 18.3 Å². The highest BCUT2D eigenvalue weighted by Crippen LogP contribution is 2.26. The predicted octanol–water partition coefficient (Wildman–Crippen LogP) is 2.26. The Morgan fingerprint density at radius 3 is 3.33 bits per heavy atom. The SMILES string of the molecule is N#Cc1ccnc(NCC2CCCS2)c1. The Morgan fingerprint density at radius 2 is 2.60 bits per heavy atom. The van der Waals surface area contributed by atoms with Crippen LogP contribution in [-0.4, -0.2) is 22.5 Å². The van der Waals surface area contributed by atoms with Gasteiger partial charge in [0.1, 0.15) is 5.82 Å². The lowest BCUT2D eigenvalue weighted by Crippen LogP contribution is -2.14. The summed E-state index contributed by atoms with van der Waals surface area (Å²) in [6, 6.07) is 5.62. The lowest BCUT2D eigenvalue weighted by atomic mass is 10.2. The highest BCUT2D eigenvalue weighted by molar-refractivity contribution is 8.00. The van der Waals surface area contributed by atoms with Crippen LogP contribution in [0.4, 0.5) is 5.82 Å². The first-order chi connectivity index (χ1) is 7.38. The van der Waals surface area contributed by atoms with Crippen molar-refractivity contribution >= 4 is 17.6 Å². The lowest BCUT2D eigenvalue weighted by Gasteiger charge is -2.10. The normalized spacial score (nSPS) is 19.8. The molecule has 1 atom stereocenters. The molecule has 0 saturated carbocycles. The van der Waals surface area contributed by atoms with E-state index < -0.39 is 0 Å². The number of nitriles is 1. The van der Waals surface area contributed by atoms with Gasteiger partial charge in [0.15, 0.2) is 0 Å². The maximum absolute atomic E-state index is 8.73. The molecule has 1 aliphatic rings. The number of hydrogen-bond donors (Lipinski definition) is 1. The van der Waals surface area contributed by atoms with E-state index in [1.165, 1.54) is 18.6 Å². The maximum Gasteiger partial charge on any atom is 0.127 e. The van der Waals surface area contributed by atoms with Crippen molar-refractivity contribution in [3.05, 3.63) is 23.9 Å². The van der Waals surface area contributed by atoms with Crippen LogP contribution in [0.25, 0.3) is 0 Å². The second-order valence-corrected chi connectivity index (χ2v) is 4.97. The largest absolute Gasteiger partial charge is 0.369 e. The molecule has 1 aliphatic heterocycles. The second kappa shape index (κ2) is 5.04. The second-order valence-electron chi connectivity index (χ2n) is 3.56. The molecule has 0 spiro atoms. The predicted molar refractivity (Wildman–Crippen MR) is 62.9 cm³/mol. The summed E-state index contributed by atoms with van der Waals surface area (Å²) >= 11 is 2.02. The van der Waals surface area contributed by atoms with Gasteiger partial charge in [0.25, 0.3) is 0 Å². The highest BCUT2D eigenvalue weighted by Gasteiger charge is 2.14. The first-order valence-electron chi connectivity index (χ1n) is 5.10. The summed E-state index contributed by atoms with van der Waals surface area (Å²) in [5, 5.41) is 12.7. The molecule has 1 unspecified atom stereocenters. The fourth-order valence-corrected chi connectivity index (χ4v) is 2.82. The monoisotopic (exact) mass is 219 g/mol. The number of anilines is 1. The van der Waals surface area contributed by atoms with Crippen molar-refractivity contribution in [2.45, 2.75) is 18.1 Å². The average Bonchev–Trinajstić information content (AvgIpc) is 2.79. The molecule has 1 saturated heterocycles. The summed E-state index contributed by atoms with van der Waals surface area (Å²) in [6.07, 6.45) is 4.28. The van der Waals surface area contributed by atoms with E-state index in [0.717, 1.165) is 12.4 Å². The van der Waals surface area contributed by atoms with Gasteiger partial charge in [-0.2, -0.15) is 17.0 Å². The van der Waals surface area contributed by atoms with Crippen molar-refractivity contribution in [2.75, 3.05) is 17.6 Å². The molecular weight excluding hydrogens is 206 g/mol. The van der Waals surface area contributed by atoms with Crippen LogP contribution in [0.1, 0.15) is 18.4 Å². The molecule has 0 radical (unpaired) electrons. The summed E-state index contributed by atoms with van der Waals surface area (Å²) < 4.78 is 0. The molecule has 0 amide bonds. The van der Waals surface area contributed by atoms with Gasteiger partial charge in [0.2, 0.25) is 0 Å². The van der Waals surface area contributed by atoms with Crippen molar-refractivity contribution in [3.8, 4) is 6.07 Å². The van der Waals surface area contributed by atoms with Gasteiger partial charge in [0.05, 0.1) is 11.6 Å². The highest BCUT2D eigenvalue weighted by atomic mass is 32.2. The minimum Gasteiger partial charge on any atom is -0.369 e. The van der Waals surface area contributed by atoms with Crippen molar-refractivity contribution in [1.82, 2.24) is 4.98 Å². The topological polar surface area (TPSA) is 48.7 Å². The van der Waals surface area contributed by atoms with Gasteiger partial charge < -0.3 is 5.32 Å². The third kappa shape index (κ3) is 2.87. The van der Waals surface area contributed by atoms with Gasteiger partial charge in [0, 0.05) is 18.0 Å². The van der Waals surface area contributed by atoms with E-state index >= 15 is 0 Å². The Kier molecular flexibility index (Phi) is 3.46. The smallest absolute Gasteiger partial charge is 0.127 e. The van der Waals surface area contributed by atoms with Crippen molar-refractivity contribution in [1.29, 1.82) is 5.26 Å². The number of nitrogens with zero attached hydrogens (tertiary/aromatic N) is 2. The fourth-order valence-electron chi connectivity index (χ4n) is 1.62. The lowest BCUT2D eigenvalue weighted by molar-refractivity contribution is 0.803. The van der Waals surface area contributed by atoms with Crippen LogP contribution in [0.5, 0.6) is 0 Å². The van der Waals surface area contributed by atoms with Crippen LogP contribution in [-0.2, 0) is 0 Å². The number of aromatic nitrogens is 1. The zero-order valence-corrected chi connectivity index (χ0v) is 9.26. The maximum atomic E-state index is 8.73. The first-order valence-corrected chi connectivity index (χ1v) is 6.15. The van der Waals surface area contributed by atoms with Gasteiger partial charge in [-0.25, -0.2) is 4.98 Å². The molecule has 3 nitrogen and oxygen atoms in total. The van der Waals surface area contributed by atoms with E-state index in [4.69, 9.17) is 5.26 Å². The third-order valence-electron chi connectivity index (χ3n) is 2.42. The molecule has 15 heavy (non-hydrogen) atoms. The van der Waals surface area contributed by atoms with Gasteiger partial charge in [-0.15, -0.1) is 0 Å². The van der Waals surface area contributed by atoms with Crippen molar-refractivity contribution in [3.63, 3.8) is 0 Å². The Morgan fingerprint density at radius 1 is 1.67 bits per heavy atom. The molecule has 1 aromatic heterocycles. The molecule has 0 aromatic carbocycles. The molecule has 2 rings (SSSR count). The summed E-state index contributed by atoms with van der Waals surface area (Å²) in [6.45, 7) is 0.951. The van der Waals surface area contributed by atoms with E-state index in [0.29, 0.717) is 10.8 Å². The number of rotatable bonds is 3. The molecule has 0 bridgehead atoms. The summed E-state index contributed by atoms with van der Waals surface area (Å²) in [4.78, 5) is 4.18. The van der Waals surface area contributed by atoms with Crippen LogP contribution >= 0.6 is 11.8 Å². The Hall–Kier alpha value is -1.21. The van der Waals surface area contributed by atoms with E-state index in [2.05, 4.69) is 16.4 Å². The zero-order valence-electron chi connectivity index (χ0n) is 8.44. The molecule has 78 valence electrons. The van der Waals surface area contributed by atoms with Crippen molar-refractivity contribution in [2.24, 2.45) is 0 Å². The zero-order chi connectivity index (χ0) is 10.5. The van der Waals surface area contributed by atoms with Crippen molar-refractivity contribution < 1.29 is 0 Å². The molecule has 1 fully saturated rings. The minimum atomic E-state index is 0.659. The first kappa shape index (κ1) is 10.3. The van der Waals surface area contributed by atoms with E-state index in [1.807, 2.05) is 11.8 Å². The Labute approximate surface area is 93.9 Å². The van der Waals surface area contributed by atoms with Crippen LogP contribution < -0.4 is 5.32 Å². The third-order valence-corrected chi connectivity index (χ3v) is 3.82. The Balaban J connectivity index is 1.90. The number of nitrogens with one attached hydrogen (secondary N) is 1.